The summed E-state index contributed by atoms with van der Waals surface area (Å²) < 4.78 is 1.62. The molecule has 31 heavy (non-hydrogen) atoms. The van der Waals surface area contributed by atoms with Gasteiger partial charge in [0.25, 0.3) is 0 Å². The van der Waals surface area contributed by atoms with Crippen LogP contribution in [0.4, 0.5) is 5.82 Å². The van der Waals surface area contributed by atoms with E-state index in [1.54, 1.807) is 17.1 Å². The number of hydrogen-bond acceptors (Lipinski definition) is 5. The Kier molecular flexibility index (Phi) is 5.11. The van der Waals surface area contributed by atoms with E-state index in [0.717, 1.165) is 46.6 Å². The van der Waals surface area contributed by atoms with E-state index >= 15 is 0 Å². The standard InChI is InChI=1S/C23H25N7O/c1-24-21-12-20(28-23(29-21)15-7-8-15)19(27-22(31)14-30-10-4-9-26-30)11-16-13-25-18-6-3-2-5-17(16)18/h2-6,9-10,12-13,15,19,25H,7-8,11,14H2,1H3,(H,27,31)(H,24,28,29). The number of para-hydroxylation sites is 1. The van der Waals surface area contributed by atoms with Gasteiger partial charge in [0.05, 0.1) is 11.7 Å². The fourth-order valence-electron chi connectivity index (χ4n) is 3.85. The Bertz CT molecular complexity index is 1190. The van der Waals surface area contributed by atoms with Crippen molar-refractivity contribution in [2.24, 2.45) is 0 Å². The van der Waals surface area contributed by atoms with E-state index in [4.69, 9.17) is 4.98 Å². The summed E-state index contributed by atoms with van der Waals surface area (Å²) in [6.07, 6.45) is 8.32. The lowest BCUT2D eigenvalue weighted by Crippen LogP contribution is -2.33. The van der Waals surface area contributed by atoms with Gasteiger partial charge in [0.15, 0.2) is 0 Å². The van der Waals surface area contributed by atoms with Gasteiger partial charge in [-0.05, 0) is 30.5 Å². The fourth-order valence-corrected chi connectivity index (χ4v) is 3.85. The number of rotatable bonds is 8. The van der Waals surface area contributed by atoms with Crippen LogP contribution in [-0.4, -0.2) is 37.7 Å². The van der Waals surface area contributed by atoms with Crippen molar-refractivity contribution in [3.63, 3.8) is 0 Å². The predicted molar refractivity (Wildman–Crippen MR) is 119 cm³/mol. The van der Waals surface area contributed by atoms with E-state index in [2.05, 4.69) is 37.8 Å². The van der Waals surface area contributed by atoms with E-state index in [1.807, 2.05) is 37.5 Å². The highest BCUT2D eigenvalue weighted by molar-refractivity contribution is 5.83. The number of aromatic nitrogens is 5. The largest absolute Gasteiger partial charge is 0.373 e. The Balaban J connectivity index is 1.47. The molecule has 1 aliphatic carbocycles. The first-order valence-corrected chi connectivity index (χ1v) is 10.6. The third-order valence-corrected chi connectivity index (χ3v) is 5.62. The Hall–Kier alpha value is -3.68. The zero-order chi connectivity index (χ0) is 21.2. The van der Waals surface area contributed by atoms with Crippen LogP contribution in [0, 0.1) is 0 Å². The Labute approximate surface area is 180 Å². The van der Waals surface area contributed by atoms with Crippen molar-refractivity contribution in [3.8, 4) is 0 Å². The lowest BCUT2D eigenvalue weighted by Gasteiger charge is -2.20. The van der Waals surface area contributed by atoms with Gasteiger partial charge in [-0.1, -0.05) is 18.2 Å². The van der Waals surface area contributed by atoms with Crippen molar-refractivity contribution in [1.29, 1.82) is 0 Å². The number of nitrogens with zero attached hydrogens (tertiary/aromatic N) is 4. The molecular formula is C23H25N7O. The molecule has 1 fully saturated rings. The van der Waals surface area contributed by atoms with Crippen LogP contribution in [0.1, 0.15) is 41.9 Å². The van der Waals surface area contributed by atoms with Gasteiger partial charge in [0.2, 0.25) is 5.91 Å². The van der Waals surface area contributed by atoms with Crippen LogP contribution in [0.5, 0.6) is 0 Å². The van der Waals surface area contributed by atoms with E-state index in [9.17, 15) is 4.79 Å². The van der Waals surface area contributed by atoms with E-state index in [1.165, 1.54) is 0 Å². The molecule has 0 bridgehead atoms. The monoisotopic (exact) mass is 415 g/mol. The molecule has 3 N–H and O–H groups in total. The summed E-state index contributed by atoms with van der Waals surface area (Å²) in [4.78, 5) is 25.6. The number of aromatic amines is 1. The molecule has 158 valence electrons. The lowest BCUT2D eigenvalue weighted by molar-refractivity contribution is -0.122. The molecule has 0 radical (unpaired) electrons. The molecular weight excluding hydrogens is 390 g/mol. The van der Waals surface area contributed by atoms with Crippen LogP contribution < -0.4 is 10.6 Å². The summed E-state index contributed by atoms with van der Waals surface area (Å²) in [5.74, 6) is 1.94. The quantitative estimate of drug-likeness (QED) is 0.410. The third-order valence-electron chi connectivity index (χ3n) is 5.62. The molecule has 1 aliphatic rings. The maximum absolute atomic E-state index is 12.8. The Morgan fingerprint density at radius 3 is 2.90 bits per heavy atom. The van der Waals surface area contributed by atoms with Crippen molar-refractivity contribution in [2.75, 3.05) is 12.4 Å². The highest BCUT2D eigenvalue weighted by Crippen LogP contribution is 2.39. The maximum Gasteiger partial charge on any atom is 0.242 e. The van der Waals surface area contributed by atoms with Gasteiger partial charge in [-0.3, -0.25) is 9.48 Å². The van der Waals surface area contributed by atoms with Crippen molar-refractivity contribution in [3.05, 3.63) is 72.1 Å². The van der Waals surface area contributed by atoms with Gasteiger partial charge < -0.3 is 15.6 Å². The van der Waals surface area contributed by atoms with Gasteiger partial charge in [0.1, 0.15) is 18.2 Å². The number of fused-ring (bicyclic) bond motifs is 1. The molecule has 3 heterocycles. The molecule has 1 atom stereocenters. The normalized spacial score (nSPS) is 14.5. The second-order valence-electron chi connectivity index (χ2n) is 7.95. The van der Waals surface area contributed by atoms with Crippen LogP contribution >= 0.6 is 0 Å². The van der Waals surface area contributed by atoms with Gasteiger partial charge in [-0.2, -0.15) is 5.10 Å². The highest BCUT2D eigenvalue weighted by Gasteiger charge is 2.29. The molecule has 1 saturated carbocycles. The summed E-state index contributed by atoms with van der Waals surface area (Å²) in [5, 5.41) is 11.6. The van der Waals surface area contributed by atoms with Crippen molar-refractivity contribution < 1.29 is 4.79 Å². The number of nitrogens with one attached hydrogen (secondary N) is 3. The SMILES string of the molecule is CNc1cc(C(Cc2c[nH]c3ccccc23)NC(=O)Cn2cccn2)nc(C2CC2)n1. The second kappa shape index (κ2) is 8.22. The minimum Gasteiger partial charge on any atom is -0.373 e. The molecule has 1 unspecified atom stereocenters. The molecule has 1 aromatic carbocycles. The number of anilines is 1. The second-order valence-corrected chi connectivity index (χ2v) is 7.95. The minimum atomic E-state index is -0.283. The number of carbonyl (C=O) groups excluding carboxylic acids is 1. The van der Waals surface area contributed by atoms with E-state index in [-0.39, 0.29) is 18.5 Å². The van der Waals surface area contributed by atoms with Gasteiger partial charge >= 0.3 is 0 Å². The zero-order valence-corrected chi connectivity index (χ0v) is 17.4. The van der Waals surface area contributed by atoms with Gasteiger partial charge in [0, 0.05) is 54.9 Å². The van der Waals surface area contributed by atoms with Crippen LogP contribution in [0.25, 0.3) is 10.9 Å². The Morgan fingerprint density at radius 2 is 2.13 bits per heavy atom. The van der Waals surface area contributed by atoms with Gasteiger partial charge in [-0.25, -0.2) is 9.97 Å². The van der Waals surface area contributed by atoms with Crippen molar-refractivity contribution in [2.45, 2.75) is 37.8 Å². The van der Waals surface area contributed by atoms with Crippen LogP contribution in [0.15, 0.2) is 55.0 Å². The summed E-state index contributed by atoms with van der Waals surface area (Å²) in [7, 11) is 1.85. The molecule has 0 spiro atoms. The number of amides is 1. The lowest BCUT2D eigenvalue weighted by atomic mass is 10.0. The first-order chi connectivity index (χ1) is 15.2. The number of carbonyl (C=O) groups is 1. The summed E-state index contributed by atoms with van der Waals surface area (Å²) >= 11 is 0. The number of H-pyrrole nitrogens is 1. The average molecular weight is 416 g/mol. The molecule has 0 saturated heterocycles. The molecule has 5 rings (SSSR count). The van der Waals surface area contributed by atoms with E-state index < -0.39 is 0 Å². The topological polar surface area (TPSA) is 101 Å². The summed E-state index contributed by atoms with van der Waals surface area (Å²) in [6.45, 7) is 0.164. The highest BCUT2D eigenvalue weighted by atomic mass is 16.2. The average Bonchev–Trinajstić information content (AvgIpc) is 3.38. The summed E-state index contributed by atoms with van der Waals surface area (Å²) in [6, 6.07) is 11.6. The zero-order valence-electron chi connectivity index (χ0n) is 17.4. The smallest absolute Gasteiger partial charge is 0.242 e. The molecule has 3 aromatic heterocycles. The van der Waals surface area contributed by atoms with Crippen LogP contribution in [0.3, 0.4) is 0 Å². The van der Waals surface area contributed by atoms with E-state index in [0.29, 0.717) is 12.3 Å². The predicted octanol–water partition coefficient (Wildman–Crippen LogP) is 3.17. The third kappa shape index (κ3) is 4.28. The molecule has 1 amide bonds. The first kappa shape index (κ1) is 19.3. The van der Waals surface area contributed by atoms with Gasteiger partial charge in [-0.15, -0.1) is 0 Å². The number of hydrogen-bond donors (Lipinski definition) is 3. The van der Waals surface area contributed by atoms with Crippen LogP contribution in [0.2, 0.25) is 0 Å². The summed E-state index contributed by atoms with van der Waals surface area (Å²) in [5.41, 5.74) is 3.04. The molecule has 8 heteroatoms. The molecule has 0 aliphatic heterocycles. The Morgan fingerprint density at radius 1 is 1.26 bits per heavy atom. The van der Waals surface area contributed by atoms with Crippen molar-refractivity contribution in [1.82, 2.24) is 30.0 Å². The van der Waals surface area contributed by atoms with Crippen LogP contribution in [-0.2, 0) is 17.8 Å². The molecule has 4 aromatic rings. The minimum absolute atomic E-state index is 0.105. The molecule has 8 nitrogen and oxygen atoms in total. The fraction of sp³-hybridized carbons (Fsp3) is 0.304. The van der Waals surface area contributed by atoms with Crippen molar-refractivity contribution >= 4 is 22.6 Å². The number of benzene rings is 1. The first-order valence-electron chi connectivity index (χ1n) is 10.6. The maximum atomic E-state index is 12.8.